The Morgan fingerprint density at radius 1 is 1.35 bits per heavy atom. The molecule has 2 aromatic rings. The molecule has 0 aromatic carbocycles. The first kappa shape index (κ1) is 18.1. The molecule has 138 valence electrons. The number of nitrogens with one attached hydrogen (secondary N) is 1. The number of hydrogen-bond donors (Lipinski definition) is 1. The molecule has 0 unspecified atom stereocenters. The lowest BCUT2D eigenvalue weighted by Crippen LogP contribution is -2.24. The molecule has 0 amide bonds. The van der Waals surface area contributed by atoms with Crippen LogP contribution in [0.4, 0.5) is 29.2 Å². The Morgan fingerprint density at radius 3 is 2.54 bits per heavy atom. The van der Waals surface area contributed by atoms with Gasteiger partial charge < -0.3 is 5.32 Å². The van der Waals surface area contributed by atoms with Gasteiger partial charge in [0.2, 0.25) is 5.95 Å². The average molecular weight is 368 g/mol. The molecule has 6 nitrogen and oxygen atoms in total. The van der Waals surface area contributed by atoms with E-state index in [1.165, 1.54) is 4.68 Å². The van der Waals surface area contributed by atoms with Crippen molar-refractivity contribution in [1.82, 2.24) is 19.7 Å². The normalized spacial score (nSPS) is 19.9. The number of hydrogen-bond acceptors (Lipinski definition) is 5. The van der Waals surface area contributed by atoms with Crippen LogP contribution < -0.4 is 5.32 Å². The van der Waals surface area contributed by atoms with Crippen molar-refractivity contribution >= 4 is 11.6 Å². The molecule has 0 aliphatic heterocycles. The molecule has 0 radical (unpaired) electrons. The Morgan fingerprint density at radius 2 is 2.00 bits per heavy atom. The van der Waals surface area contributed by atoms with Gasteiger partial charge >= 0.3 is 6.18 Å². The van der Waals surface area contributed by atoms with E-state index in [1.54, 1.807) is 27.0 Å². The molecule has 1 N–H and O–H groups in total. The van der Waals surface area contributed by atoms with Gasteiger partial charge in [0.1, 0.15) is 11.7 Å². The molecule has 2 heterocycles. The number of nitrogens with zero attached hydrogens (tertiary/aromatic N) is 5. The standard InChI is InChI=1S/C16H16F4N6/c1-8-12(6-26(25-8)15(2,3)7-21)23-14-22-5-10(16(18,19)20)13(24-14)9-4-11(9)17/h5-6,9,11H,4H2,1-3H3,(H,22,23,24)/t9-,11+/m1/s1. The van der Waals surface area contributed by atoms with Gasteiger partial charge in [0, 0.05) is 12.1 Å². The first-order valence-corrected chi connectivity index (χ1v) is 7.86. The lowest BCUT2D eigenvalue weighted by Gasteiger charge is -2.15. The lowest BCUT2D eigenvalue weighted by molar-refractivity contribution is -0.138. The Labute approximate surface area is 146 Å². The third-order valence-corrected chi connectivity index (χ3v) is 4.18. The van der Waals surface area contributed by atoms with Crippen LogP contribution >= 0.6 is 0 Å². The number of rotatable bonds is 4. The molecular weight excluding hydrogens is 352 g/mol. The summed E-state index contributed by atoms with van der Waals surface area (Å²) in [7, 11) is 0. The van der Waals surface area contributed by atoms with Gasteiger partial charge in [-0.3, -0.25) is 4.68 Å². The fourth-order valence-electron chi connectivity index (χ4n) is 2.44. The van der Waals surface area contributed by atoms with Crippen LogP contribution in [0.2, 0.25) is 0 Å². The first-order chi connectivity index (χ1) is 12.0. The van der Waals surface area contributed by atoms with Crippen molar-refractivity contribution in [2.75, 3.05) is 5.32 Å². The second-order valence-electron chi connectivity index (χ2n) is 6.72. The second-order valence-corrected chi connectivity index (χ2v) is 6.72. The Hall–Kier alpha value is -2.70. The summed E-state index contributed by atoms with van der Waals surface area (Å²) in [5.41, 5.74) is -1.29. The van der Waals surface area contributed by atoms with E-state index in [2.05, 4.69) is 26.5 Å². The topological polar surface area (TPSA) is 79.4 Å². The fraction of sp³-hybridized carbons (Fsp3) is 0.500. The van der Waals surface area contributed by atoms with E-state index < -0.39 is 29.4 Å². The van der Waals surface area contributed by atoms with E-state index in [-0.39, 0.29) is 18.1 Å². The molecule has 1 saturated carbocycles. The van der Waals surface area contributed by atoms with E-state index in [0.29, 0.717) is 17.6 Å². The molecular formula is C16H16F4N6. The number of halogens is 4. The van der Waals surface area contributed by atoms with Crippen molar-refractivity contribution in [2.24, 2.45) is 0 Å². The van der Waals surface area contributed by atoms with Crippen molar-refractivity contribution < 1.29 is 17.6 Å². The summed E-state index contributed by atoms with van der Waals surface area (Å²) in [5.74, 6) is -0.943. The summed E-state index contributed by atoms with van der Waals surface area (Å²) in [6.07, 6.45) is -3.73. The highest BCUT2D eigenvalue weighted by Crippen LogP contribution is 2.47. The van der Waals surface area contributed by atoms with Gasteiger partial charge in [0.15, 0.2) is 0 Å². The number of aryl methyl sites for hydroxylation is 1. The SMILES string of the molecule is Cc1nn(C(C)(C)C#N)cc1Nc1ncc(C(F)(F)F)c([C@@H]2C[C@@H]2F)n1. The van der Waals surface area contributed by atoms with Gasteiger partial charge in [0.05, 0.1) is 34.9 Å². The van der Waals surface area contributed by atoms with E-state index >= 15 is 0 Å². The van der Waals surface area contributed by atoms with Gasteiger partial charge in [-0.2, -0.15) is 23.5 Å². The molecule has 1 aliphatic carbocycles. The van der Waals surface area contributed by atoms with E-state index in [1.807, 2.05) is 0 Å². The summed E-state index contributed by atoms with van der Waals surface area (Å²) in [6.45, 7) is 5.02. The highest BCUT2D eigenvalue weighted by molar-refractivity contribution is 5.55. The van der Waals surface area contributed by atoms with Crippen molar-refractivity contribution in [1.29, 1.82) is 5.26 Å². The Kier molecular flexibility index (Phi) is 4.13. The van der Waals surface area contributed by atoms with Gasteiger partial charge in [0.25, 0.3) is 0 Å². The summed E-state index contributed by atoms with van der Waals surface area (Å²) in [5, 5.41) is 16.2. The molecule has 10 heteroatoms. The third kappa shape index (κ3) is 3.34. The number of aromatic nitrogens is 4. The van der Waals surface area contributed by atoms with Crippen LogP contribution in [-0.2, 0) is 11.7 Å². The summed E-state index contributed by atoms with van der Waals surface area (Å²) in [6, 6.07) is 2.10. The molecule has 1 fully saturated rings. The maximum atomic E-state index is 13.3. The van der Waals surface area contributed by atoms with Crippen LogP contribution in [0.3, 0.4) is 0 Å². The molecule has 3 rings (SSSR count). The maximum Gasteiger partial charge on any atom is 0.419 e. The largest absolute Gasteiger partial charge is 0.419 e. The van der Waals surface area contributed by atoms with E-state index in [4.69, 9.17) is 0 Å². The van der Waals surface area contributed by atoms with Crippen LogP contribution in [0.5, 0.6) is 0 Å². The zero-order valence-corrected chi connectivity index (χ0v) is 14.3. The predicted molar refractivity (Wildman–Crippen MR) is 84.5 cm³/mol. The molecule has 0 bridgehead atoms. The maximum absolute atomic E-state index is 13.3. The quantitative estimate of drug-likeness (QED) is 0.830. The molecule has 0 spiro atoms. The van der Waals surface area contributed by atoms with Gasteiger partial charge in [-0.1, -0.05) is 0 Å². The van der Waals surface area contributed by atoms with E-state index in [9.17, 15) is 22.8 Å². The second kappa shape index (κ2) is 5.93. The van der Waals surface area contributed by atoms with Gasteiger partial charge in [-0.15, -0.1) is 0 Å². The highest BCUT2D eigenvalue weighted by atomic mass is 19.4. The Balaban J connectivity index is 1.93. The highest BCUT2D eigenvalue weighted by Gasteiger charge is 2.46. The summed E-state index contributed by atoms with van der Waals surface area (Å²) in [4.78, 5) is 7.60. The van der Waals surface area contributed by atoms with Crippen molar-refractivity contribution in [3.05, 3.63) is 29.3 Å². The molecule has 26 heavy (non-hydrogen) atoms. The smallest absolute Gasteiger partial charge is 0.321 e. The van der Waals surface area contributed by atoms with Gasteiger partial charge in [-0.05, 0) is 27.2 Å². The van der Waals surface area contributed by atoms with Crippen LogP contribution in [0.25, 0.3) is 0 Å². The minimum absolute atomic E-state index is 0.0207. The third-order valence-electron chi connectivity index (χ3n) is 4.18. The van der Waals surface area contributed by atoms with Crippen LogP contribution in [0, 0.1) is 18.3 Å². The van der Waals surface area contributed by atoms with Crippen molar-refractivity contribution in [3.8, 4) is 6.07 Å². The number of nitriles is 1. The summed E-state index contributed by atoms with van der Waals surface area (Å²) < 4.78 is 54.1. The monoisotopic (exact) mass is 368 g/mol. The first-order valence-electron chi connectivity index (χ1n) is 7.86. The zero-order chi connectivity index (χ0) is 19.3. The van der Waals surface area contributed by atoms with Crippen LogP contribution in [0.1, 0.15) is 43.1 Å². The molecule has 0 saturated heterocycles. The van der Waals surface area contributed by atoms with Gasteiger partial charge in [-0.25, -0.2) is 14.4 Å². The minimum Gasteiger partial charge on any atom is -0.321 e. The lowest BCUT2D eigenvalue weighted by atomic mass is 10.1. The number of anilines is 2. The average Bonchev–Trinajstić information content (AvgIpc) is 3.17. The van der Waals surface area contributed by atoms with Crippen LogP contribution in [-0.4, -0.2) is 25.9 Å². The summed E-state index contributed by atoms with van der Waals surface area (Å²) >= 11 is 0. The van der Waals surface area contributed by atoms with Crippen LogP contribution in [0.15, 0.2) is 12.4 Å². The predicted octanol–water partition coefficient (Wildman–Crippen LogP) is 3.83. The van der Waals surface area contributed by atoms with Crippen molar-refractivity contribution in [2.45, 2.75) is 51.0 Å². The zero-order valence-electron chi connectivity index (χ0n) is 14.3. The molecule has 2 atom stereocenters. The Bertz CT molecular complexity index is 880. The minimum atomic E-state index is -4.65. The fourth-order valence-corrected chi connectivity index (χ4v) is 2.44. The molecule has 2 aromatic heterocycles. The van der Waals surface area contributed by atoms with E-state index in [0.717, 1.165) is 0 Å². The number of alkyl halides is 4. The van der Waals surface area contributed by atoms with Crippen molar-refractivity contribution in [3.63, 3.8) is 0 Å². The molecule has 1 aliphatic rings.